The maximum Gasteiger partial charge on any atom is 0.294 e. The first kappa shape index (κ1) is 26.3. The van der Waals surface area contributed by atoms with Crippen molar-refractivity contribution in [3.05, 3.63) is 71.2 Å². The van der Waals surface area contributed by atoms with Crippen LogP contribution in [0, 0.1) is 0 Å². The number of carbonyl (C=O) groups is 2. The second-order valence-corrected chi connectivity index (χ2v) is 9.08. The fourth-order valence-electron chi connectivity index (χ4n) is 3.65. The van der Waals surface area contributed by atoms with Gasteiger partial charge in [-0.1, -0.05) is 31.2 Å². The average Bonchev–Trinajstić information content (AvgIpc) is 3.37. The van der Waals surface area contributed by atoms with E-state index in [0.717, 1.165) is 48.3 Å². The second-order valence-electron chi connectivity index (χ2n) is 8.33. The Bertz CT molecular complexity index is 1240. The predicted molar refractivity (Wildman–Crippen MR) is 147 cm³/mol. The number of hydrogen-bond donors (Lipinski definition) is 2. The molecule has 37 heavy (non-hydrogen) atoms. The summed E-state index contributed by atoms with van der Waals surface area (Å²) in [6.07, 6.45) is 7.03. The highest BCUT2D eigenvalue weighted by molar-refractivity contribution is 7.80. The zero-order valence-electron chi connectivity index (χ0n) is 20.2. The Kier molecular flexibility index (Phi) is 8.86. The van der Waals surface area contributed by atoms with E-state index in [1.54, 1.807) is 12.2 Å². The SMILES string of the molecule is CCC(CCCCOc1ccc(C=C2OC(=S)NC2=O)cc1)Oc1ccc(C=C2OC(=S)NC2=O)cc1. The van der Waals surface area contributed by atoms with E-state index in [9.17, 15) is 9.59 Å². The molecule has 2 aliphatic heterocycles. The second kappa shape index (κ2) is 12.5. The van der Waals surface area contributed by atoms with Crippen molar-refractivity contribution in [2.75, 3.05) is 6.61 Å². The Morgan fingerprint density at radius 1 is 0.811 bits per heavy atom. The number of ether oxygens (including phenoxy) is 4. The summed E-state index contributed by atoms with van der Waals surface area (Å²) in [7, 11) is 0. The Morgan fingerprint density at radius 2 is 1.32 bits per heavy atom. The van der Waals surface area contributed by atoms with Crippen LogP contribution < -0.4 is 20.1 Å². The van der Waals surface area contributed by atoms with E-state index < -0.39 is 0 Å². The number of thiocarbonyl (C=S) groups is 2. The van der Waals surface area contributed by atoms with Gasteiger partial charge in [-0.3, -0.25) is 20.2 Å². The molecular formula is C27H26N2O6S2. The molecule has 2 fully saturated rings. The van der Waals surface area contributed by atoms with Gasteiger partial charge in [-0.25, -0.2) is 0 Å². The lowest BCUT2D eigenvalue weighted by atomic mass is 10.1. The number of rotatable bonds is 11. The minimum absolute atomic E-state index is 0.0651. The van der Waals surface area contributed by atoms with Crippen LogP contribution in [-0.2, 0) is 19.1 Å². The van der Waals surface area contributed by atoms with Crippen molar-refractivity contribution in [3.8, 4) is 11.5 Å². The van der Waals surface area contributed by atoms with Crippen molar-refractivity contribution in [1.82, 2.24) is 10.6 Å². The van der Waals surface area contributed by atoms with Crippen LogP contribution in [0.1, 0.15) is 43.7 Å². The summed E-state index contributed by atoms with van der Waals surface area (Å²) in [5.74, 6) is 1.20. The third kappa shape index (κ3) is 7.61. The summed E-state index contributed by atoms with van der Waals surface area (Å²) >= 11 is 9.66. The molecule has 4 rings (SSSR count). The molecule has 2 aliphatic rings. The Morgan fingerprint density at radius 3 is 1.78 bits per heavy atom. The van der Waals surface area contributed by atoms with Crippen LogP contribution in [0.15, 0.2) is 60.0 Å². The lowest BCUT2D eigenvalue weighted by molar-refractivity contribution is -0.117. The molecule has 1 atom stereocenters. The van der Waals surface area contributed by atoms with Gasteiger partial charge in [-0.15, -0.1) is 0 Å². The quantitative estimate of drug-likeness (QED) is 0.243. The number of carbonyl (C=O) groups excluding carboxylic acids is 2. The van der Waals surface area contributed by atoms with E-state index in [1.165, 1.54) is 0 Å². The van der Waals surface area contributed by atoms with Gasteiger partial charge in [0.2, 0.25) is 0 Å². The molecular weight excluding hydrogens is 512 g/mol. The van der Waals surface area contributed by atoms with Crippen LogP contribution >= 0.6 is 24.4 Å². The fourth-order valence-corrected chi connectivity index (χ4v) is 4.02. The maximum atomic E-state index is 11.7. The van der Waals surface area contributed by atoms with Crippen molar-refractivity contribution in [3.63, 3.8) is 0 Å². The Hall–Kier alpha value is -3.76. The molecule has 10 heteroatoms. The van der Waals surface area contributed by atoms with Crippen LogP contribution in [0.25, 0.3) is 12.2 Å². The number of amides is 2. The standard InChI is InChI=1S/C27H26N2O6S2/c1-2-19(33-21-12-8-18(9-13-21)16-23-25(31)29-27(37)35-23)5-3-4-14-32-20-10-6-17(7-11-20)15-22-24(30)28-26(36)34-22/h6-13,15-16,19H,2-5,14H2,1H3,(H,28,30,36)(H,29,31,37). The smallest absolute Gasteiger partial charge is 0.294 e. The topological polar surface area (TPSA) is 95.1 Å². The van der Waals surface area contributed by atoms with Gasteiger partial charge >= 0.3 is 0 Å². The molecule has 0 saturated carbocycles. The largest absolute Gasteiger partial charge is 0.494 e. The van der Waals surface area contributed by atoms with Gasteiger partial charge in [0.1, 0.15) is 11.5 Å². The third-order valence-electron chi connectivity index (χ3n) is 5.59. The van der Waals surface area contributed by atoms with E-state index in [4.69, 9.17) is 43.4 Å². The summed E-state index contributed by atoms with van der Waals surface area (Å²) in [5.41, 5.74) is 1.63. The lowest BCUT2D eigenvalue weighted by Gasteiger charge is -2.18. The molecule has 0 aromatic heterocycles. The maximum absolute atomic E-state index is 11.7. The van der Waals surface area contributed by atoms with E-state index in [1.807, 2.05) is 48.5 Å². The summed E-state index contributed by atoms with van der Waals surface area (Å²) in [6.45, 7) is 2.70. The molecule has 2 N–H and O–H groups in total. The van der Waals surface area contributed by atoms with Crippen molar-refractivity contribution in [1.29, 1.82) is 0 Å². The van der Waals surface area contributed by atoms with E-state index >= 15 is 0 Å². The summed E-state index contributed by atoms with van der Waals surface area (Å²) in [6, 6.07) is 14.9. The first-order chi connectivity index (χ1) is 17.9. The molecule has 0 spiro atoms. The fraction of sp³-hybridized carbons (Fsp3) is 0.259. The number of hydrogen-bond acceptors (Lipinski definition) is 8. The average molecular weight is 539 g/mol. The lowest BCUT2D eigenvalue weighted by Crippen LogP contribution is -2.18. The molecule has 2 aromatic carbocycles. The van der Waals surface area contributed by atoms with Crippen molar-refractivity contribution >= 4 is 58.8 Å². The van der Waals surface area contributed by atoms with Crippen LogP contribution in [0.5, 0.6) is 11.5 Å². The van der Waals surface area contributed by atoms with E-state index in [-0.39, 0.29) is 39.8 Å². The van der Waals surface area contributed by atoms with Crippen molar-refractivity contribution in [2.24, 2.45) is 0 Å². The van der Waals surface area contributed by atoms with Crippen LogP contribution in [-0.4, -0.2) is 34.9 Å². The predicted octanol–water partition coefficient (Wildman–Crippen LogP) is 4.64. The van der Waals surface area contributed by atoms with Gasteiger partial charge in [0, 0.05) is 0 Å². The van der Waals surface area contributed by atoms with Gasteiger partial charge in [-0.2, -0.15) is 0 Å². The molecule has 1 unspecified atom stereocenters. The van der Waals surface area contributed by atoms with Gasteiger partial charge in [0.25, 0.3) is 22.2 Å². The molecule has 0 radical (unpaired) electrons. The third-order valence-corrected chi connectivity index (χ3v) is 5.96. The monoisotopic (exact) mass is 538 g/mol. The Labute approximate surface area is 225 Å². The molecule has 2 aromatic rings. The Balaban J connectivity index is 1.17. The van der Waals surface area contributed by atoms with Gasteiger partial charge < -0.3 is 18.9 Å². The molecule has 0 aliphatic carbocycles. The van der Waals surface area contributed by atoms with Gasteiger partial charge in [0.15, 0.2) is 11.5 Å². The zero-order valence-corrected chi connectivity index (χ0v) is 21.8. The number of benzene rings is 2. The van der Waals surface area contributed by atoms with Gasteiger partial charge in [-0.05, 0) is 97.7 Å². The molecule has 192 valence electrons. The van der Waals surface area contributed by atoms with E-state index in [2.05, 4.69) is 17.6 Å². The summed E-state index contributed by atoms with van der Waals surface area (Å²) in [4.78, 5) is 23.4. The van der Waals surface area contributed by atoms with Gasteiger partial charge in [0.05, 0.1) is 12.7 Å². The summed E-state index contributed by atoms with van der Waals surface area (Å²) in [5, 5.41) is 4.99. The molecule has 2 amide bonds. The molecule has 0 bridgehead atoms. The number of unbranched alkanes of at least 4 members (excludes halogenated alkanes) is 1. The van der Waals surface area contributed by atoms with Crippen LogP contribution in [0.4, 0.5) is 0 Å². The van der Waals surface area contributed by atoms with Crippen LogP contribution in [0.2, 0.25) is 0 Å². The minimum Gasteiger partial charge on any atom is -0.494 e. The molecule has 2 heterocycles. The summed E-state index contributed by atoms with van der Waals surface area (Å²) < 4.78 is 22.3. The first-order valence-corrected chi connectivity index (χ1v) is 12.7. The zero-order chi connectivity index (χ0) is 26.2. The molecule has 2 saturated heterocycles. The highest BCUT2D eigenvalue weighted by atomic mass is 32.1. The highest BCUT2D eigenvalue weighted by Gasteiger charge is 2.23. The minimum atomic E-state index is -0.343. The first-order valence-electron chi connectivity index (χ1n) is 11.9. The van der Waals surface area contributed by atoms with Crippen molar-refractivity contribution < 1.29 is 28.5 Å². The van der Waals surface area contributed by atoms with E-state index in [0.29, 0.717) is 6.61 Å². The molecule has 8 nitrogen and oxygen atoms in total. The normalized spacial score (nSPS) is 17.9. The highest BCUT2D eigenvalue weighted by Crippen LogP contribution is 2.21. The van der Waals surface area contributed by atoms with Crippen molar-refractivity contribution in [2.45, 2.75) is 38.7 Å². The number of nitrogens with one attached hydrogen (secondary N) is 2. The van der Waals surface area contributed by atoms with Crippen LogP contribution in [0.3, 0.4) is 0 Å².